The Morgan fingerprint density at radius 1 is 0.920 bits per heavy atom. The Balaban J connectivity index is 2.06. The average Bonchev–Trinajstić information content (AvgIpc) is 2.86. The van der Waals surface area contributed by atoms with Crippen molar-refractivity contribution in [1.82, 2.24) is 19.3 Å². The van der Waals surface area contributed by atoms with Gasteiger partial charge in [-0.15, -0.1) is 0 Å². The summed E-state index contributed by atoms with van der Waals surface area (Å²) in [5, 5.41) is 0. The van der Waals surface area contributed by atoms with E-state index in [0.717, 1.165) is 16.6 Å². The molecule has 2 aromatic heterocycles. The van der Waals surface area contributed by atoms with E-state index in [1.165, 1.54) is 10.7 Å². The lowest BCUT2D eigenvalue weighted by molar-refractivity contribution is 0.584. The van der Waals surface area contributed by atoms with Crippen LogP contribution >= 0.6 is 0 Å². The average molecular weight is 334 g/mol. The number of hydrogen-bond donors (Lipinski definition) is 0. The summed E-state index contributed by atoms with van der Waals surface area (Å²) in [6.45, 7) is 0. The van der Waals surface area contributed by atoms with Crippen molar-refractivity contribution >= 4 is 11.0 Å². The highest BCUT2D eigenvalue weighted by Crippen LogP contribution is 2.32. The van der Waals surface area contributed by atoms with Crippen molar-refractivity contribution in [2.45, 2.75) is 0 Å². The number of hydrogen-bond acceptors (Lipinski definition) is 3. The molecule has 2 aromatic carbocycles. The van der Waals surface area contributed by atoms with Gasteiger partial charge in [0.1, 0.15) is 5.82 Å². The van der Waals surface area contributed by atoms with Gasteiger partial charge >= 0.3 is 0 Å². The van der Waals surface area contributed by atoms with Crippen LogP contribution in [0.4, 0.5) is 4.39 Å². The van der Waals surface area contributed by atoms with Gasteiger partial charge in [-0.1, -0.05) is 24.3 Å². The molecule has 2 heterocycles. The van der Waals surface area contributed by atoms with Crippen molar-refractivity contribution in [2.24, 2.45) is 14.1 Å². The molecule has 0 unspecified atom stereocenters. The summed E-state index contributed by atoms with van der Waals surface area (Å²) < 4.78 is 17.6. The van der Waals surface area contributed by atoms with E-state index in [1.54, 1.807) is 49.4 Å². The summed E-state index contributed by atoms with van der Waals surface area (Å²) in [4.78, 5) is 21.3. The van der Waals surface area contributed by atoms with Crippen LogP contribution in [-0.2, 0) is 14.1 Å². The van der Waals surface area contributed by atoms with Crippen LogP contribution in [0, 0.1) is 5.82 Å². The first kappa shape index (κ1) is 15.3. The van der Waals surface area contributed by atoms with Crippen LogP contribution in [0.15, 0.2) is 59.7 Å². The Bertz CT molecular complexity index is 1160. The number of nitrogens with zero attached hydrogens (tertiary/aromatic N) is 4. The molecular weight excluding hydrogens is 319 g/mol. The Kier molecular flexibility index (Phi) is 3.46. The predicted molar refractivity (Wildman–Crippen MR) is 94.6 cm³/mol. The molecule has 4 rings (SSSR count). The fourth-order valence-corrected chi connectivity index (χ4v) is 3.06. The zero-order valence-electron chi connectivity index (χ0n) is 13.8. The number of aromatic nitrogens is 4. The smallest absolute Gasteiger partial charge is 0.275 e. The van der Waals surface area contributed by atoms with E-state index in [4.69, 9.17) is 0 Å². The maximum Gasteiger partial charge on any atom is 0.275 e. The van der Waals surface area contributed by atoms with Crippen LogP contribution in [0.1, 0.15) is 0 Å². The largest absolute Gasteiger partial charge is 0.285 e. The Labute approximate surface area is 143 Å². The maximum absolute atomic E-state index is 14.4. The van der Waals surface area contributed by atoms with Crippen LogP contribution in [0.25, 0.3) is 33.4 Å². The van der Waals surface area contributed by atoms with Crippen molar-refractivity contribution in [2.75, 3.05) is 0 Å². The molecule has 0 N–H and O–H groups in total. The molecule has 124 valence electrons. The second-order valence-electron chi connectivity index (χ2n) is 5.82. The lowest BCUT2D eigenvalue weighted by Crippen LogP contribution is -2.17. The minimum Gasteiger partial charge on any atom is -0.285 e. The highest BCUT2D eigenvalue weighted by molar-refractivity contribution is 5.86. The highest BCUT2D eigenvalue weighted by atomic mass is 19.1. The molecule has 0 aliphatic heterocycles. The van der Waals surface area contributed by atoms with Crippen molar-refractivity contribution in [3.05, 3.63) is 71.0 Å². The topological polar surface area (TPSA) is 52.7 Å². The SMILES string of the molecule is Cn1c(-c2ccc3nccnc3c2)c(-c2ccccc2F)c(=O)n1C. The predicted octanol–water partition coefficient (Wildman–Crippen LogP) is 3.14. The Morgan fingerprint density at radius 2 is 1.64 bits per heavy atom. The summed E-state index contributed by atoms with van der Waals surface area (Å²) in [5.74, 6) is -0.423. The molecule has 0 spiro atoms. The van der Waals surface area contributed by atoms with Gasteiger partial charge in [-0.25, -0.2) is 4.39 Å². The van der Waals surface area contributed by atoms with Gasteiger partial charge in [0.15, 0.2) is 0 Å². The van der Waals surface area contributed by atoms with Gasteiger partial charge in [-0.05, 0) is 18.2 Å². The van der Waals surface area contributed by atoms with Crippen molar-refractivity contribution in [3.8, 4) is 22.4 Å². The van der Waals surface area contributed by atoms with E-state index >= 15 is 0 Å². The molecule has 4 aromatic rings. The standard InChI is InChI=1S/C19H15FN4O/c1-23-18(12-7-8-15-16(11-12)22-10-9-21-15)17(19(25)24(23)2)13-5-3-4-6-14(13)20/h3-11H,1-2H3. The summed E-state index contributed by atoms with van der Waals surface area (Å²) in [5.41, 5.74) is 3.29. The van der Waals surface area contributed by atoms with Crippen LogP contribution in [0.2, 0.25) is 0 Å². The maximum atomic E-state index is 14.4. The molecule has 0 radical (unpaired) electrons. The van der Waals surface area contributed by atoms with Crippen molar-refractivity contribution < 1.29 is 4.39 Å². The molecule has 6 heteroatoms. The molecule has 0 aliphatic rings. The first-order valence-electron chi connectivity index (χ1n) is 7.80. The van der Waals surface area contributed by atoms with Crippen LogP contribution < -0.4 is 5.56 Å². The molecule has 25 heavy (non-hydrogen) atoms. The summed E-state index contributed by atoms with van der Waals surface area (Å²) in [6.07, 6.45) is 3.25. The number of benzene rings is 2. The van der Waals surface area contributed by atoms with Gasteiger partial charge in [-0.3, -0.25) is 24.1 Å². The fraction of sp³-hybridized carbons (Fsp3) is 0.105. The molecule has 0 saturated heterocycles. The summed E-state index contributed by atoms with van der Waals surface area (Å²) in [6, 6.07) is 11.9. The summed E-state index contributed by atoms with van der Waals surface area (Å²) >= 11 is 0. The Morgan fingerprint density at radius 3 is 2.40 bits per heavy atom. The van der Waals surface area contributed by atoms with E-state index < -0.39 is 5.82 Å². The zero-order chi connectivity index (χ0) is 17.6. The molecule has 0 saturated carbocycles. The van der Waals surface area contributed by atoms with Crippen LogP contribution in [-0.4, -0.2) is 19.3 Å². The number of rotatable bonds is 2. The normalized spacial score (nSPS) is 11.2. The summed E-state index contributed by atoms with van der Waals surface area (Å²) in [7, 11) is 3.44. The van der Waals surface area contributed by atoms with E-state index in [2.05, 4.69) is 9.97 Å². The van der Waals surface area contributed by atoms with E-state index in [0.29, 0.717) is 11.3 Å². The molecule has 0 bridgehead atoms. The molecule has 0 atom stereocenters. The van der Waals surface area contributed by atoms with E-state index in [9.17, 15) is 9.18 Å². The molecule has 0 aliphatic carbocycles. The van der Waals surface area contributed by atoms with Gasteiger partial charge in [0.25, 0.3) is 5.56 Å². The van der Waals surface area contributed by atoms with E-state index in [1.807, 2.05) is 18.2 Å². The lowest BCUT2D eigenvalue weighted by atomic mass is 10.0. The Hall–Kier alpha value is -3.28. The van der Waals surface area contributed by atoms with E-state index in [-0.39, 0.29) is 11.1 Å². The third-order valence-electron chi connectivity index (χ3n) is 4.40. The third kappa shape index (κ3) is 2.34. The van der Waals surface area contributed by atoms with Crippen LogP contribution in [0.3, 0.4) is 0 Å². The van der Waals surface area contributed by atoms with Gasteiger partial charge < -0.3 is 0 Å². The van der Waals surface area contributed by atoms with Gasteiger partial charge in [0.2, 0.25) is 0 Å². The van der Waals surface area contributed by atoms with Crippen LogP contribution in [0.5, 0.6) is 0 Å². The van der Waals surface area contributed by atoms with Crippen molar-refractivity contribution in [1.29, 1.82) is 0 Å². The monoisotopic (exact) mass is 334 g/mol. The minimum atomic E-state index is -0.423. The highest BCUT2D eigenvalue weighted by Gasteiger charge is 2.21. The molecular formula is C19H15FN4O. The van der Waals surface area contributed by atoms with Gasteiger partial charge in [-0.2, -0.15) is 0 Å². The minimum absolute atomic E-state index is 0.248. The quantitative estimate of drug-likeness (QED) is 0.566. The zero-order valence-corrected chi connectivity index (χ0v) is 13.8. The van der Waals surface area contributed by atoms with Crippen molar-refractivity contribution in [3.63, 3.8) is 0 Å². The third-order valence-corrected chi connectivity index (χ3v) is 4.40. The fourth-order valence-electron chi connectivity index (χ4n) is 3.06. The number of halogens is 1. The molecule has 0 fully saturated rings. The first-order valence-corrected chi connectivity index (χ1v) is 7.80. The number of fused-ring (bicyclic) bond motifs is 1. The lowest BCUT2D eigenvalue weighted by Gasteiger charge is -2.09. The molecule has 0 amide bonds. The molecule has 5 nitrogen and oxygen atoms in total. The van der Waals surface area contributed by atoms with Gasteiger partial charge in [0, 0.05) is 37.6 Å². The first-order chi connectivity index (χ1) is 12.1. The second-order valence-corrected chi connectivity index (χ2v) is 5.82. The van der Waals surface area contributed by atoms with Gasteiger partial charge in [0.05, 0.1) is 22.3 Å². The second kappa shape index (κ2) is 5.66.